The van der Waals surface area contributed by atoms with Gasteiger partial charge in [-0.15, -0.1) is 0 Å². The van der Waals surface area contributed by atoms with Gasteiger partial charge in [-0.25, -0.2) is 4.79 Å². The molecule has 1 aliphatic rings. The number of Topliss-reactive ketones (excluding diaryl/α,β-unsaturated/α-hetero) is 2. The summed E-state index contributed by atoms with van der Waals surface area (Å²) in [6, 6.07) is 0. The molecule has 0 aliphatic carbocycles. The van der Waals surface area contributed by atoms with Crippen LogP contribution in [-0.2, 0) is 19.1 Å². The minimum Gasteiger partial charge on any atom is -0.505 e. The summed E-state index contributed by atoms with van der Waals surface area (Å²) in [5.74, 6) is -5.69. The molecule has 8 nitrogen and oxygen atoms in total. The molecule has 0 saturated carbocycles. The Morgan fingerprint density at radius 1 is 1.28 bits per heavy atom. The molecule has 0 radical (unpaired) electrons. The summed E-state index contributed by atoms with van der Waals surface area (Å²) in [4.78, 5) is 33.4. The number of hydrogen-bond acceptors (Lipinski definition) is 8. The largest absolute Gasteiger partial charge is 0.505 e. The van der Waals surface area contributed by atoms with Gasteiger partial charge in [-0.1, -0.05) is 0 Å². The third-order valence-corrected chi connectivity index (χ3v) is 2.73. The van der Waals surface area contributed by atoms with E-state index in [0.717, 1.165) is 13.8 Å². The zero-order chi connectivity index (χ0) is 14.2. The minimum atomic E-state index is -2.83. The predicted octanol–water partition coefficient (Wildman–Crippen LogP) is -1.49. The van der Waals surface area contributed by atoms with Gasteiger partial charge >= 0.3 is 5.97 Å². The van der Waals surface area contributed by atoms with E-state index in [0.29, 0.717) is 0 Å². The predicted molar refractivity (Wildman–Crippen MR) is 54.5 cm³/mol. The van der Waals surface area contributed by atoms with Crippen LogP contribution in [0.1, 0.15) is 13.8 Å². The smallest absolute Gasteiger partial charge is 0.377 e. The van der Waals surface area contributed by atoms with Crippen LogP contribution in [0.15, 0.2) is 11.5 Å². The van der Waals surface area contributed by atoms with E-state index in [-0.39, 0.29) is 0 Å². The van der Waals surface area contributed by atoms with E-state index in [1.807, 2.05) is 0 Å². The van der Waals surface area contributed by atoms with Crippen LogP contribution < -0.4 is 0 Å². The maximum atomic E-state index is 11.2. The molecular formula is C10H12O8. The number of ether oxygens (including phenoxy) is 1. The van der Waals surface area contributed by atoms with Crippen molar-refractivity contribution >= 4 is 17.5 Å². The number of aliphatic hydroxyl groups excluding tert-OH is 3. The molecule has 0 unspecified atom stereocenters. The minimum absolute atomic E-state index is 0.849. The van der Waals surface area contributed by atoms with Crippen LogP contribution in [0.5, 0.6) is 0 Å². The lowest BCUT2D eigenvalue weighted by Gasteiger charge is -2.30. The molecule has 1 aliphatic heterocycles. The lowest BCUT2D eigenvalue weighted by atomic mass is 9.85. The van der Waals surface area contributed by atoms with Crippen molar-refractivity contribution in [2.24, 2.45) is 0 Å². The first-order valence-corrected chi connectivity index (χ1v) is 4.89. The topological polar surface area (TPSA) is 141 Å². The van der Waals surface area contributed by atoms with Gasteiger partial charge in [0.2, 0.25) is 11.4 Å². The number of carbonyl (C=O) groups excluding carboxylic acids is 3. The number of aliphatic hydroxyl groups is 4. The van der Waals surface area contributed by atoms with Crippen molar-refractivity contribution in [1.82, 2.24) is 0 Å². The number of carbonyl (C=O) groups is 3. The summed E-state index contributed by atoms with van der Waals surface area (Å²) in [5.41, 5.74) is -2.83. The highest BCUT2D eigenvalue weighted by molar-refractivity contribution is 6.09. The van der Waals surface area contributed by atoms with Gasteiger partial charge in [0, 0.05) is 0 Å². The van der Waals surface area contributed by atoms with Gasteiger partial charge in [-0.3, -0.25) is 9.59 Å². The van der Waals surface area contributed by atoms with Crippen LogP contribution in [0.2, 0.25) is 0 Å². The van der Waals surface area contributed by atoms with Gasteiger partial charge in [0.05, 0.1) is 0 Å². The van der Waals surface area contributed by atoms with Crippen LogP contribution >= 0.6 is 0 Å². The molecule has 0 spiro atoms. The van der Waals surface area contributed by atoms with E-state index < -0.39 is 46.9 Å². The quantitative estimate of drug-likeness (QED) is 0.354. The van der Waals surface area contributed by atoms with Crippen molar-refractivity contribution in [1.29, 1.82) is 0 Å². The number of ketones is 2. The summed E-state index contributed by atoms with van der Waals surface area (Å²) < 4.78 is 4.37. The molecule has 1 heterocycles. The summed E-state index contributed by atoms with van der Waals surface area (Å²) in [5, 5.41) is 37.9. The Bertz CT molecular complexity index is 435. The molecule has 0 aromatic rings. The van der Waals surface area contributed by atoms with Crippen LogP contribution in [0.3, 0.4) is 0 Å². The molecule has 2 atom stereocenters. The summed E-state index contributed by atoms with van der Waals surface area (Å²) in [6.45, 7) is 1.70. The standard InChI is InChI=1S/C10H12O8/c1-3(11)10(17,4(2)12)8(15)7-5(13)6(14)9(16)18-7/h7-8,13-15,17H,1-2H3/t7-,8+/m0/s1. The lowest BCUT2D eigenvalue weighted by molar-refractivity contribution is -0.175. The monoisotopic (exact) mass is 260 g/mol. The van der Waals surface area contributed by atoms with Crippen LogP contribution in [0.25, 0.3) is 0 Å². The average Bonchev–Trinajstić information content (AvgIpc) is 2.54. The Labute approximate surface area is 101 Å². The molecule has 8 heteroatoms. The van der Waals surface area contributed by atoms with Crippen molar-refractivity contribution in [2.75, 3.05) is 0 Å². The van der Waals surface area contributed by atoms with Crippen molar-refractivity contribution in [3.63, 3.8) is 0 Å². The van der Waals surface area contributed by atoms with E-state index in [9.17, 15) is 29.7 Å². The third-order valence-electron chi connectivity index (χ3n) is 2.73. The van der Waals surface area contributed by atoms with E-state index >= 15 is 0 Å². The van der Waals surface area contributed by atoms with Crippen LogP contribution in [0, 0.1) is 0 Å². The number of hydrogen-bond donors (Lipinski definition) is 4. The Kier molecular flexibility index (Phi) is 3.45. The molecule has 0 aromatic carbocycles. The van der Waals surface area contributed by atoms with Gasteiger partial charge < -0.3 is 25.2 Å². The number of cyclic esters (lactones) is 1. The fourth-order valence-corrected chi connectivity index (χ4v) is 1.56. The summed E-state index contributed by atoms with van der Waals surface area (Å²) in [6.07, 6.45) is -4.10. The first-order chi connectivity index (χ1) is 8.13. The Balaban J connectivity index is 3.16. The van der Waals surface area contributed by atoms with Gasteiger partial charge in [0.1, 0.15) is 6.10 Å². The molecule has 100 valence electrons. The molecule has 0 saturated heterocycles. The second-order valence-corrected chi connectivity index (χ2v) is 3.88. The SMILES string of the molecule is CC(=O)C(O)(C(C)=O)[C@H](O)[C@H]1OC(=O)C(O)=C1O. The van der Waals surface area contributed by atoms with Crippen molar-refractivity contribution in [3.05, 3.63) is 11.5 Å². The second kappa shape index (κ2) is 4.39. The zero-order valence-corrected chi connectivity index (χ0v) is 9.58. The normalized spacial score (nSPS) is 21.8. The zero-order valence-electron chi connectivity index (χ0n) is 9.58. The van der Waals surface area contributed by atoms with Gasteiger partial charge in [-0.05, 0) is 13.8 Å². The average molecular weight is 260 g/mol. The number of rotatable bonds is 4. The van der Waals surface area contributed by atoms with E-state index in [2.05, 4.69) is 4.74 Å². The van der Waals surface area contributed by atoms with Crippen molar-refractivity contribution < 1.29 is 39.5 Å². The van der Waals surface area contributed by atoms with Crippen LogP contribution in [-0.4, -0.2) is 55.8 Å². The maximum Gasteiger partial charge on any atom is 0.377 e. The third kappa shape index (κ3) is 1.85. The molecule has 0 bridgehead atoms. The Hall–Kier alpha value is -1.93. The first kappa shape index (κ1) is 14.1. The summed E-state index contributed by atoms with van der Waals surface area (Å²) >= 11 is 0. The summed E-state index contributed by atoms with van der Waals surface area (Å²) in [7, 11) is 0. The number of esters is 1. The van der Waals surface area contributed by atoms with Gasteiger partial charge in [0.15, 0.2) is 23.4 Å². The molecule has 18 heavy (non-hydrogen) atoms. The molecule has 1 rings (SSSR count). The highest BCUT2D eigenvalue weighted by Crippen LogP contribution is 2.28. The highest BCUT2D eigenvalue weighted by atomic mass is 16.6. The van der Waals surface area contributed by atoms with E-state index in [1.54, 1.807) is 0 Å². The lowest BCUT2D eigenvalue weighted by Crippen LogP contribution is -2.59. The molecular weight excluding hydrogens is 248 g/mol. The van der Waals surface area contributed by atoms with E-state index in [4.69, 9.17) is 5.11 Å². The van der Waals surface area contributed by atoms with Crippen molar-refractivity contribution in [3.8, 4) is 0 Å². The molecule has 0 fully saturated rings. The van der Waals surface area contributed by atoms with Crippen LogP contribution in [0.4, 0.5) is 0 Å². The molecule has 0 amide bonds. The molecule has 0 aromatic heterocycles. The fraction of sp³-hybridized carbons (Fsp3) is 0.500. The fourth-order valence-electron chi connectivity index (χ4n) is 1.56. The van der Waals surface area contributed by atoms with E-state index in [1.165, 1.54) is 0 Å². The van der Waals surface area contributed by atoms with Crippen molar-refractivity contribution in [2.45, 2.75) is 31.7 Å². The highest BCUT2D eigenvalue weighted by Gasteiger charge is 2.54. The Morgan fingerprint density at radius 3 is 2.00 bits per heavy atom. The Morgan fingerprint density at radius 2 is 1.72 bits per heavy atom. The maximum absolute atomic E-state index is 11.2. The van der Waals surface area contributed by atoms with Gasteiger partial charge in [-0.2, -0.15) is 0 Å². The first-order valence-electron chi connectivity index (χ1n) is 4.89. The molecule has 4 N–H and O–H groups in total. The van der Waals surface area contributed by atoms with Gasteiger partial charge in [0.25, 0.3) is 0 Å². The second-order valence-electron chi connectivity index (χ2n) is 3.88.